The van der Waals surface area contributed by atoms with Crippen molar-refractivity contribution in [3.8, 4) is 0 Å². The van der Waals surface area contributed by atoms with E-state index < -0.39 is 0 Å². The van der Waals surface area contributed by atoms with Crippen molar-refractivity contribution >= 4 is 0 Å². The van der Waals surface area contributed by atoms with Crippen LogP contribution in [0.5, 0.6) is 0 Å². The number of fused-ring (bicyclic) bond motifs is 1. The fourth-order valence-corrected chi connectivity index (χ4v) is 3.32. The van der Waals surface area contributed by atoms with E-state index in [0.717, 1.165) is 42.0 Å². The van der Waals surface area contributed by atoms with Crippen LogP contribution in [-0.2, 0) is 6.54 Å². The summed E-state index contributed by atoms with van der Waals surface area (Å²) in [6, 6.07) is 0.732. The molecule has 1 heterocycles. The highest BCUT2D eigenvalue weighted by molar-refractivity contribution is 5.19. The van der Waals surface area contributed by atoms with Crippen LogP contribution in [-0.4, -0.2) is 11.0 Å². The van der Waals surface area contributed by atoms with Crippen LogP contribution in [0.25, 0.3) is 0 Å². The molecule has 1 aromatic rings. The van der Waals surface area contributed by atoms with Crippen LogP contribution in [0.15, 0.2) is 10.6 Å². The highest BCUT2D eigenvalue weighted by atomic mass is 16.4. The van der Waals surface area contributed by atoms with E-state index in [1.54, 1.807) is 0 Å². The zero-order valence-corrected chi connectivity index (χ0v) is 9.48. The van der Waals surface area contributed by atoms with Gasteiger partial charge in [0.05, 0.1) is 12.7 Å². The van der Waals surface area contributed by atoms with Gasteiger partial charge in [-0.3, -0.25) is 0 Å². The van der Waals surface area contributed by atoms with Gasteiger partial charge in [-0.1, -0.05) is 6.42 Å². The molecule has 0 amide bonds. The van der Waals surface area contributed by atoms with E-state index >= 15 is 0 Å². The largest absolute Gasteiger partial charge is 0.444 e. The number of aromatic nitrogens is 1. The summed E-state index contributed by atoms with van der Waals surface area (Å²) < 4.78 is 5.85. The molecule has 1 aromatic heterocycles. The summed E-state index contributed by atoms with van der Waals surface area (Å²) in [6.45, 7) is 0.812. The van der Waals surface area contributed by atoms with Gasteiger partial charge < -0.3 is 9.73 Å². The van der Waals surface area contributed by atoms with Gasteiger partial charge in [0.1, 0.15) is 5.76 Å². The normalized spacial score (nSPS) is 36.4. The van der Waals surface area contributed by atoms with E-state index in [1.807, 2.05) is 6.20 Å². The molecule has 0 saturated heterocycles. The molecule has 3 saturated carbocycles. The summed E-state index contributed by atoms with van der Waals surface area (Å²) in [6.07, 6.45) is 8.85. The first-order chi connectivity index (χ1) is 7.92. The molecule has 3 aliphatic carbocycles. The lowest BCUT2D eigenvalue weighted by Crippen LogP contribution is -2.15. The molecule has 3 aliphatic rings. The summed E-state index contributed by atoms with van der Waals surface area (Å²) in [5.74, 6) is 4.61. The van der Waals surface area contributed by atoms with Crippen LogP contribution in [0.1, 0.15) is 49.7 Å². The van der Waals surface area contributed by atoms with Crippen molar-refractivity contribution < 1.29 is 4.42 Å². The van der Waals surface area contributed by atoms with E-state index in [2.05, 4.69) is 10.3 Å². The molecule has 4 rings (SSSR count). The molecule has 0 spiro atoms. The average molecular weight is 218 g/mol. The van der Waals surface area contributed by atoms with E-state index in [0.29, 0.717) is 0 Å². The van der Waals surface area contributed by atoms with Crippen molar-refractivity contribution in [1.82, 2.24) is 10.3 Å². The number of hydrogen-bond acceptors (Lipinski definition) is 3. The number of oxazole rings is 1. The molecular formula is C13H18N2O. The van der Waals surface area contributed by atoms with Crippen molar-refractivity contribution in [2.45, 2.75) is 50.6 Å². The third-order valence-electron chi connectivity index (χ3n) is 4.43. The fourth-order valence-electron chi connectivity index (χ4n) is 3.32. The van der Waals surface area contributed by atoms with Gasteiger partial charge in [0, 0.05) is 12.0 Å². The minimum Gasteiger partial charge on any atom is -0.444 e. The summed E-state index contributed by atoms with van der Waals surface area (Å²) in [5.41, 5.74) is 0. The van der Waals surface area contributed by atoms with Gasteiger partial charge in [-0.25, -0.2) is 4.98 Å². The predicted molar refractivity (Wildman–Crippen MR) is 59.9 cm³/mol. The molecule has 16 heavy (non-hydrogen) atoms. The Hall–Kier alpha value is -0.830. The second-order valence-electron chi connectivity index (χ2n) is 5.60. The maximum atomic E-state index is 5.85. The molecule has 0 aromatic carbocycles. The quantitative estimate of drug-likeness (QED) is 0.843. The first kappa shape index (κ1) is 9.23. The van der Waals surface area contributed by atoms with Gasteiger partial charge in [0.25, 0.3) is 0 Å². The number of hydrogen-bond donors (Lipinski definition) is 1. The van der Waals surface area contributed by atoms with Crippen LogP contribution in [0.3, 0.4) is 0 Å². The molecule has 3 nitrogen and oxygen atoms in total. The zero-order valence-electron chi connectivity index (χ0n) is 9.48. The van der Waals surface area contributed by atoms with E-state index in [4.69, 9.17) is 4.42 Å². The van der Waals surface area contributed by atoms with Crippen molar-refractivity contribution in [3.05, 3.63) is 17.8 Å². The second kappa shape index (κ2) is 3.33. The van der Waals surface area contributed by atoms with Crippen molar-refractivity contribution in [2.24, 2.45) is 11.8 Å². The van der Waals surface area contributed by atoms with Gasteiger partial charge in [0.2, 0.25) is 5.89 Å². The third kappa shape index (κ3) is 1.49. The Morgan fingerprint density at radius 2 is 2.06 bits per heavy atom. The maximum absolute atomic E-state index is 5.85. The van der Waals surface area contributed by atoms with Gasteiger partial charge in [-0.15, -0.1) is 0 Å². The van der Waals surface area contributed by atoms with Gasteiger partial charge in [0.15, 0.2) is 0 Å². The van der Waals surface area contributed by atoms with Gasteiger partial charge in [-0.2, -0.15) is 0 Å². The highest BCUT2D eigenvalue weighted by Crippen LogP contribution is 2.63. The molecule has 0 bridgehead atoms. The summed E-state index contributed by atoms with van der Waals surface area (Å²) in [7, 11) is 0. The Morgan fingerprint density at radius 1 is 1.25 bits per heavy atom. The average Bonchev–Trinajstić information content (AvgIpc) is 3.15. The molecule has 0 radical (unpaired) electrons. The van der Waals surface area contributed by atoms with Crippen molar-refractivity contribution in [3.63, 3.8) is 0 Å². The van der Waals surface area contributed by atoms with Crippen LogP contribution < -0.4 is 5.32 Å². The Morgan fingerprint density at radius 3 is 2.81 bits per heavy atom. The molecular weight excluding hydrogens is 200 g/mol. The second-order valence-corrected chi connectivity index (χ2v) is 5.60. The van der Waals surface area contributed by atoms with Crippen LogP contribution in [0.4, 0.5) is 0 Å². The lowest BCUT2D eigenvalue weighted by atomic mass is 10.1. The minimum absolute atomic E-state index is 0.718. The number of rotatable bonds is 4. The molecule has 3 heteroatoms. The highest BCUT2D eigenvalue weighted by Gasteiger charge is 2.54. The Balaban J connectivity index is 1.41. The third-order valence-corrected chi connectivity index (χ3v) is 4.43. The smallest absolute Gasteiger partial charge is 0.208 e. The topological polar surface area (TPSA) is 38.1 Å². The molecule has 86 valence electrons. The first-order valence-electron chi connectivity index (χ1n) is 6.60. The molecule has 0 aliphatic heterocycles. The van der Waals surface area contributed by atoms with Crippen LogP contribution in [0, 0.1) is 11.8 Å². The zero-order chi connectivity index (χ0) is 10.5. The summed E-state index contributed by atoms with van der Waals surface area (Å²) in [4.78, 5) is 4.38. The maximum Gasteiger partial charge on any atom is 0.208 e. The van der Waals surface area contributed by atoms with Gasteiger partial charge in [-0.05, 0) is 37.5 Å². The minimum atomic E-state index is 0.718. The van der Waals surface area contributed by atoms with Gasteiger partial charge >= 0.3 is 0 Å². The summed E-state index contributed by atoms with van der Waals surface area (Å²) >= 11 is 0. The Labute approximate surface area is 95.6 Å². The SMILES string of the molecule is c1nc(CNC2CC2)oc1C1C2CCCC21. The number of nitrogens with one attached hydrogen (secondary N) is 1. The standard InChI is InChI=1S/C13H18N2O/c1-2-9-10(3-1)13(9)11-6-15-12(16-11)7-14-8-4-5-8/h6,8-10,13-14H,1-5,7H2. The monoisotopic (exact) mass is 218 g/mol. The van der Waals surface area contributed by atoms with E-state index in [9.17, 15) is 0 Å². The van der Waals surface area contributed by atoms with Crippen LogP contribution >= 0.6 is 0 Å². The Kier molecular flexibility index (Phi) is 1.92. The predicted octanol–water partition coefficient (Wildman–Crippen LogP) is 2.44. The fraction of sp³-hybridized carbons (Fsp3) is 0.769. The molecule has 1 N–H and O–H groups in total. The molecule has 2 unspecified atom stereocenters. The summed E-state index contributed by atoms with van der Waals surface area (Å²) in [5, 5.41) is 3.44. The van der Waals surface area contributed by atoms with E-state index in [-0.39, 0.29) is 0 Å². The van der Waals surface area contributed by atoms with E-state index in [1.165, 1.54) is 32.1 Å². The molecule has 2 atom stereocenters. The van der Waals surface area contributed by atoms with Crippen LogP contribution in [0.2, 0.25) is 0 Å². The van der Waals surface area contributed by atoms with Crippen molar-refractivity contribution in [2.75, 3.05) is 0 Å². The lowest BCUT2D eigenvalue weighted by Gasteiger charge is -1.99. The molecule has 3 fully saturated rings. The van der Waals surface area contributed by atoms with Crippen molar-refractivity contribution in [1.29, 1.82) is 0 Å². The number of nitrogens with zero attached hydrogens (tertiary/aromatic N) is 1. The first-order valence-corrected chi connectivity index (χ1v) is 6.60. The lowest BCUT2D eigenvalue weighted by molar-refractivity contribution is 0.423. The Bertz CT molecular complexity index is 386.